The first-order valence-corrected chi connectivity index (χ1v) is 10.8. The number of halogens is 4. The van der Waals surface area contributed by atoms with E-state index in [1.54, 1.807) is 0 Å². The van der Waals surface area contributed by atoms with Gasteiger partial charge in [-0.2, -0.15) is 5.26 Å². The Labute approximate surface area is 174 Å². The summed E-state index contributed by atoms with van der Waals surface area (Å²) >= 11 is 0. The summed E-state index contributed by atoms with van der Waals surface area (Å²) in [5.41, 5.74) is -0.170. The van der Waals surface area contributed by atoms with Crippen LogP contribution in [0.2, 0.25) is 0 Å². The van der Waals surface area contributed by atoms with Crippen LogP contribution in [0, 0.1) is 46.4 Å². The van der Waals surface area contributed by atoms with E-state index in [1.165, 1.54) is 31.4 Å². The Morgan fingerprint density at radius 3 is 2.40 bits per heavy atom. The quantitative estimate of drug-likeness (QED) is 0.477. The fourth-order valence-electron chi connectivity index (χ4n) is 5.53. The summed E-state index contributed by atoms with van der Waals surface area (Å²) in [6.07, 6.45) is 8.13. The topological polar surface area (TPSA) is 23.8 Å². The fraction of sp³-hybridized carbons (Fsp3) is 0.480. The summed E-state index contributed by atoms with van der Waals surface area (Å²) in [5, 5.41) is 8.83. The van der Waals surface area contributed by atoms with E-state index in [4.69, 9.17) is 5.26 Å². The van der Waals surface area contributed by atoms with Gasteiger partial charge in [-0.25, -0.2) is 17.6 Å². The highest BCUT2D eigenvalue weighted by Crippen LogP contribution is 2.49. The van der Waals surface area contributed by atoms with Crippen LogP contribution >= 0.6 is 0 Å². The lowest BCUT2D eigenvalue weighted by atomic mass is 9.64. The molecule has 30 heavy (non-hydrogen) atoms. The molecule has 0 radical (unpaired) electrons. The number of rotatable bonds is 4. The monoisotopic (exact) mass is 415 g/mol. The summed E-state index contributed by atoms with van der Waals surface area (Å²) < 4.78 is 58.5. The van der Waals surface area contributed by atoms with E-state index in [0.717, 1.165) is 43.4 Å². The third-order valence-corrected chi connectivity index (χ3v) is 7.02. The van der Waals surface area contributed by atoms with Gasteiger partial charge in [-0.15, -0.1) is 0 Å². The highest BCUT2D eigenvalue weighted by Gasteiger charge is 2.37. The molecule has 0 N–H and O–H groups in total. The van der Waals surface area contributed by atoms with E-state index < -0.39 is 34.4 Å². The second-order valence-electron chi connectivity index (χ2n) is 8.77. The predicted molar refractivity (Wildman–Crippen MR) is 108 cm³/mol. The highest BCUT2D eigenvalue weighted by atomic mass is 19.1. The van der Waals surface area contributed by atoms with Crippen molar-refractivity contribution in [3.05, 3.63) is 58.2 Å². The van der Waals surface area contributed by atoms with E-state index in [1.807, 2.05) is 0 Å². The molecule has 5 heteroatoms. The molecule has 2 aliphatic carbocycles. The largest absolute Gasteiger partial charge is 0.206 e. The first kappa shape index (κ1) is 20.9. The van der Waals surface area contributed by atoms with Crippen molar-refractivity contribution < 1.29 is 17.6 Å². The van der Waals surface area contributed by atoms with Gasteiger partial charge in [0.2, 0.25) is 0 Å². The van der Waals surface area contributed by atoms with Crippen molar-refractivity contribution in [3.8, 4) is 17.2 Å². The van der Waals surface area contributed by atoms with E-state index in [-0.39, 0.29) is 11.5 Å². The number of nitriles is 1. The number of hydrogen-bond donors (Lipinski definition) is 0. The lowest BCUT2D eigenvalue weighted by molar-refractivity contribution is 0.198. The number of unbranched alkanes of at least 4 members (excludes halogenated alkanes) is 1. The van der Waals surface area contributed by atoms with E-state index >= 15 is 8.78 Å². The van der Waals surface area contributed by atoms with Gasteiger partial charge in [-0.3, -0.25) is 0 Å². The lowest BCUT2D eigenvalue weighted by Gasteiger charge is -2.41. The first-order valence-electron chi connectivity index (χ1n) is 10.8. The van der Waals surface area contributed by atoms with Gasteiger partial charge in [0, 0.05) is 0 Å². The summed E-state index contributed by atoms with van der Waals surface area (Å²) in [6, 6.07) is 4.48. The summed E-state index contributed by atoms with van der Waals surface area (Å²) in [4.78, 5) is 0. The molecule has 4 rings (SSSR count). The molecule has 0 bridgehead atoms. The van der Waals surface area contributed by atoms with Gasteiger partial charge in [-0.1, -0.05) is 26.2 Å². The molecule has 2 aromatic rings. The van der Waals surface area contributed by atoms with Crippen LogP contribution in [-0.2, 0) is 6.42 Å². The number of benzene rings is 2. The Hall–Kier alpha value is -2.35. The zero-order chi connectivity index (χ0) is 21.4. The second-order valence-corrected chi connectivity index (χ2v) is 8.77. The Balaban J connectivity index is 1.69. The SMILES string of the molecule is CCCC[C@@H]1CC[C@@H]2c3cc(F)c(-c4cc(F)c(C#N)c(F)c4)c(F)c3CC[C@H]2C1. The average molecular weight is 415 g/mol. The molecule has 0 saturated heterocycles. The summed E-state index contributed by atoms with van der Waals surface area (Å²) in [6.45, 7) is 2.19. The minimum Gasteiger partial charge on any atom is -0.206 e. The fourth-order valence-corrected chi connectivity index (χ4v) is 5.53. The van der Waals surface area contributed by atoms with Crippen LogP contribution in [0.25, 0.3) is 11.1 Å². The van der Waals surface area contributed by atoms with Crippen molar-refractivity contribution in [1.29, 1.82) is 5.26 Å². The van der Waals surface area contributed by atoms with Crippen molar-refractivity contribution in [2.24, 2.45) is 11.8 Å². The Morgan fingerprint density at radius 1 is 1.00 bits per heavy atom. The Kier molecular flexibility index (Phi) is 5.86. The zero-order valence-corrected chi connectivity index (χ0v) is 17.1. The van der Waals surface area contributed by atoms with Crippen LogP contribution in [0.4, 0.5) is 17.6 Å². The van der Waals surface area contributed by atoms with Crippen molar-refractivity contribution in [3.63, 3.8) is 0 Å². The van der Waals surface area contributed by atoms with Crippen LogP contribution in [0.5, 0.6) is 0 Å². The minimum absolute atomic E-state index is 0.152. The smallest absolute Gasteiger partial charge is 0.144 e. The number of nitrogens with zero attached hydrogens (tertiary/aromatic N) is 1. The lowest BCUT2D eigenvalue weighted by Crippen LogP contribution is -2.29. The molecule has 0 aromatic heterocycles. The van der Waals surface area contributed by atoms with Gasteiger partial charge in [0.15, 0.2) is 0 Å². The zero-order valence-electron chi connectivity index (χ0n) is 17.1. The number of hydrogen-bond acceptors (Lipinski definition) is 1. The van der Waals surface area contributed by atoms with Gasteiger partial charge < -0.3 is 0 Å². The summed E-state index contributed by atoms with van der Waals surface area (Å²) in [5.74, 6) is -2.46. The molecule has 158 valence electrons. The van der Waals surface area contributed by atoms with Crippen LogP contribution < -0.4 is 0 Å². The van der Waals surface area contributed by atoms with Crippen LogP contribution in [-0.4, -0.2) is 0 Å². The van der Waals surface area contributed by atoms with Gasteiger partial charge in [0.05, 0.1) is 5.56 Å². The third kappa shape index (κ3) is 3.62. The van der Waals surface area contributed by atoms with E-state index in [2.05, 4.69) is 6.92 Å². The molecule has 2 aliphatic rings. The van der Waals surface area contributed by atoms with Crippen molar-refractivity contribution in [1.82, 2.24) is 0 Å². The minimum atomic E-state index is -1.12. The second kappa shape index (κ2) is 8.41. The van der Waals surface area contributed by atoms with Crippen LogP contribution in [0.15, 0.2) is 18.2 Å². The highest BCUT2D eigenvalue weighted by molar-refractivity contribution is 5.68. The van der Waals surface area contributed by atoms with Gasteiger partial charge >= 0.3 is 0 Å². The normalized spacial score (nSPS) is 22.9. The first-order chi connectivity index (χ1) is 14.4. The third-order valence-electron chi connectivity index (χ3n) is 7.02. The molecule has 1 nitrogen and oxygen atoms in total. The number of fused-ring (bicyclic) bond motifs is 3. The van der Waals surface area contributed by atoms with Gasteiger partial charge in [0.25, 0.3) is 0 Å². The van der Waals surface area contributed by atoms with Gasteiger partial charge in [-0.05, 0) is 84.7 Å². The molecular formula is C25H25F4N. The average Bonchev–Trinajstić information content (AvgIpc) is 2.71. The van der Waals surface area contributed by atoms with E-state index in [0.29, 0.717) is 23.8 Å². The van der Waals surface area contributed by atoms with Crippen molar-refractivity contribution in [2.75, 3.05) is 0 Å². The molecule has 1 saturated carbocycles. The Morgan fingerprint density at radius 2 is 1.73 bits per heavy atom. The molecule has 0 aliphatic heterocycles. The predicted octanol–water partition coefficient (Wildman–Crippen LogP) is 7.42. The molecule has 0 spiro atoms. The summed E-state index contributed by atoms with van der Waals surface area (Å²) in [7, 11) is 0. The molecule has 2 aromatic carbocycles. The maximum Gasteiger partial charge on any atom is 0.144 e. The van der Waals surface area contributed by atoms with Crippen molar-refractivity contribution >= 4 is 0 Å². The maximum atomic E-state index is 15.4. The van der Waals surface area contributed by atoms with Crippen LogP contribution in [0.1, 0.15) is 74.5 Å². The standard InChI is InChI=1S/C25H25F4N/c1-2-3-4-14-5-7-17-15(9-14)6-8-18-19(17)12-23(28)24(25(18)29)16-10-21(26)20(13-30)22(27)11-16/h10-12,14-15,17H,2-9H2,1H3/t14-,15+,17+/m1/s1. The molecule has 0 unspecified atom stereocenters. The van der Waals surface area contributed by atoms with Crippen LogP contribution in [0.3, 0.4) is 0 Å². The molecular weight excluding hydrogens is 390 g/mol. The molecule has 0 heterocycles. The van der Waals surface area contributed by atoms with E-state index in [9.17, 15) is 8.78 Å². The molecule has 0 amide bonds. The van der Waals surface area contributed by atoms with Gasteiger partial charge in [0.1, 0.15) is 34.9 Å². The van der Waals surface area contributed by atoms with Crippen molar-refractivity contribution in [2.45, 2.75) is 64.2 Å². The molecule has 3 atom stereocenters. The Bertz CT molecular complexity index is 984. The maximum absolute atomic E-state index is 15.4. The molecule has 1 fully saturated rings.